The highest BCUT2D eigenvalue weighted by Gasteiger charge is 2.16. The van der Waals surface area contributed by atoms with Gasteiger partial charge in [-0.15, -0.1) is 0 Å². The van der Waals surface area contributed by atoms with Crippen LogP contribution in [0.1, 0.15) is 36.3 Å². The van der Waals surface area contributed by atoms with E-state index in [-0.39, 0.29) is 0 Å². The van der Waals surface area contributed by atoms with Crippen molar-refractivity contribution in [3.05, 3.63) is 34.6 Å². The van der Waals surface area contributed by atoms with Crippen molar-refractivity contribution < 1.29 is 4.42 Å². The lowest BCUT2D eigenvalue weighted by molar-refractivity contribution is 0.514. The zero-order valence-corrected chi connectivity index (χ0v) is 12.1. The quantitative estimate of drug-likeness (QED) is 0.881. The van der Waals surface area contributed by atoms with Gasteiger partial charge in [-0.25, -0.2) is 0 Å². The summed E-state index contributed by atoms with van der Waals surface area (Å²) in [4.78, 5) is 0. The van der Waals surface area contributed by atoms with Crippen LogP contribution in [0.4, 0.5) is 0 Å². The maximum Gasteiger partial charge on any atom is 0.137 e. The second kappa shape index (κ2) is 5.15. The van der Waals surface area contributed by atoms with E-state index in [9.17, 15) is 0 Å². The number of benzene rings is 1. The summed E-state index contributed by atoms with van der Waals surface area (Å²) in [6.07, 6.45) is 1.08. The van der Waals surface area contributed by atoms with Gasteiger partial charge in [0.25, 0.3) is 0 Å². The van der Waals surface area contributed by atoms with Gasteiger partial charge in [0.1, 0.15) is 11.3 Å². The van der Waals surface area contributed by atoms with Crippen LogP contribution in [0.25, 0.3) is 11.0 Å². The Morgan fingerprint density at radius 2 is 1.94 bits per heavy atom. The Morgan fingerprint density at radius 3 is 2.56 bits per heavy atom. The molecule has 0 aliphatic rings. The van der Waals surface area contributed by atoms with E-state index in [1.807, 2.05) is 7.05 Å². The minimum Gasteiger partial charge on any atom is -0.459 e. The summed E-state index contributed by atoms with van der Waals surface area (Å²) in [7, 11) is 1.96. The number of furan rings is 1. The van der Waals surface area contributed by atoms with Crippen molar-refractivity contribution in [3.63, 3.8) is 0 Å². The first kappa shape index (κ1) is 13.2. The molecule has 0 saturated heterocycles. The van der Waals surface area contributed by atoms with Crippen LogP contribution in [0, 0.1) is 19.8 Å². The van der Waals surface area contributed by atoms with Crippen LogP contribution >= 0.6 is 0 Å². The smallest absolute Gasteiger partial charge is 0.137 e. The first-order chi connectivity index (χ1) is 8.52. The first-order valence-electron chi connectivity index (χ1n) is 6.69. The molecule has 0 unspecified atom stereocenters. The maximum atomic E-state index is 6.06. The lowest BCUT2D eigenvalue weighted by Gasteiger charge is -2.06. The zero-order valence-electron chi connectivity index (χ0n) is 12.1. The molecule has 0 saturated carbocycles. The molecule has 2 heteroatoms. The predicted molar refractivity (Wildman–Crippen MR) is 77.0 cm³/mol. The maximum absolute atomic E-state index is 6.06. The molecule has 2 rings (SSSR count). The topological polar surface area (TPSA) is 25.2 Å². The summed E-state index contributed by atoms with van der Waals surface area (Å²) in [5.74, 6) is 1.73. The number of aryl methyl sites for hydroxylation is 2. The zero-order chi connectivity index (χ0) is 13.3. The van der Waals surface area contributed by atoms with Gasteiger partial charge in [0.05, 0.1) is 6.54 Å². The predicted octanol–water partition coefficient (Wildman–Crippen LogP) is 3.97. The van der Waals surface area contributed by atoms with Gasteiger partial charge in [-0.1, -0.05) is 19.9 Å². The van der Waals surface area contributed by atoms with Gasteiger partial charge in [-0.05, 0) is 50.4 Å². The van der Waals surface area contributed by atoms with E-state index in [2.05, 4.69) is 45.1 Å². The van der Waals surface area contributed by atoms with Crippen molar-refractivity contribution in [3.8, 4) is 0 Å². The van der Waals surface area contributed by atoms with Gasteiger partial charge in [-0.2, -0.15) is 0 Å². The number of rotatable bonds is 4. The minimum atomic E-state index is 0.641. The Kier molecular flexibility index (Phi) is 3.76. The lowest BCUT2D eigenvalue weighted by Crippen LogP contribution is -2.07. The molecular formula is C16H23NO. The number of nitrogens with one attached hydrogen (secondary N) is 1. The van der Waals surface area contributed by atoms with Crippen LogP contribution in [-0.4, -0.2) is 7.05 Å². The molecule has 1 aromatic carbocycles. The third-order valence-corrected chi connectivity index (χ3v) is 3.26. The number of fused-ring (bicyclic) bond motifs is 1. The average molecular weight is 245 g/mol. The molecule has 18 heavy (non-hydrogen) atoms. The van der Waals surface area contributed by atoms with Crippen molar-refractivity contribution in [2.75, 3.05) is 7.05 Å². The van der Waals surface area contributed by atoms with E-state index in [0.717, 1.165) is 24.3 Å². The highest BCUT2D eigenvalue weighted by atomic mass is 16.3. The molecule has 0 aliphatic heterocycles. The van der Waals surface area contributed by atoms with Crippen molar-refractivity contribution in [2.45, 2.75) is 40.7 Å². The Bertz CT molecular complexity index is 552. The second-order valence-corrected chi connectivity index (χ2v) is 5.59. The van der Waals surface area contributed by atoms with Crippen LogP contribution in [0.15, 0.2) is 16.5 Å². The van der Waals surface area contributed by atoms with Crippen LogP contribution in [0.2, 0.25) is 0 Å². The molecule has 98 valence electrons. The Hall–Kier alpha value is -1.28. The van der Waals surface area contributed by atoms with E-state index < -0.39 is 0 Å². The highest BCUT2D eigenvalue weighted by molar-refractivity contribution is 5.85. The van der Waals surface area contributed by atoms with Gasteiger partial charge in [0.15, 0.2) is 0 Å². The monoisotopic (exact) mass is 245 g/mol. The number of hydrogen-bond donors (Lipinski definition) is 1. The fourth-order valence-corrected chi connectivity index (χ4v) is 2.58. The van der Waals surface area contributed by atoms with Crippen LogP contribution in [0.3, 0.4) is 0 Å². The minimum absolute atomic E-state index is 0.641. The Balaban J connectivity index is 2.64. The van der Waals surface area contributed by atoms with Crippen LogP contribution in [0.5, 0.6) is 0 Å². The third kappa shape index (κ3) is 2.44. The molecule has 2 nitrogen and oxygen atoms in total. The molecule has 1 N–H and O–H groups in total. The summed E-state index contributed by atoms with van der Waals surface area (Å²) < 4.78 is 6.06. The van der Waals surface area contributed by atoms with Crippen molar-refractivity contribution in [1.82, 2.24) is 5.32 Å². The highest BCUT2D eigenvalue weighted by Crippen LogP contribution is 2.31. The molecule has 0 aliphatic carbocycles. The lowest BCUT2D eigenvalue weighted by atomic mass is 9.98. The Morgan fingerprint density at radius 1 is 1.22 bits per heavy atom. The van der Waals surface area contributed by atoms with Crippen molar-refractivity contribution in [1.29, 1.82) is 0 Å². The average Bonchev–Trinajstić information content (AvgIpc) is 2.58. The fourth-order valence-electron chi connectivity index (χ4n) is 2.58. The molecule has 1 heterocycles. The first-order valence-corrected chi connectivity index (χ1v) is 6.69. The van der Waals surface area contributed by atoms with Crippen molar-refractivity contribution >= 4 is 11.0 Å². The van der Waals surface area contributed by atoms with Gasteiger partial charge in [-0.3, -0.25) is 0 Å². The summed E-state index contributed by atoms with van der Waals surface area (Å²) in [6.45, 7) is 9.59. The Labute approximate surface area is 109 Å². The summed E-state index contributed by atoms with van der Waals surface area (Å²) in [5, 5.41) is 4.50. The van der Waals surface area contributed by atoms with Crippen LogP contribution in [-0.2, 0) is 13.0 Å². The molecule has 0 atom stereocenters. The van der Waals surface area contributed by atoms with Gasteiger partial charge in [0, 0.05) is 10.9 Å². The molecule has 0 radical (unpaired) electrons. The molecule has 0 fully saturated rings. The molecule has 1 aromatic heterocycles. The third-order valence-electron chi connectivity index (χ3n) is 3.26. The standard InChI is InChI=1S/C16H23NO/c1-10(2)6-13-14-8-11(3)7-12(4)16(14)18-15(13)9-17-5/h7-8,10,17H,6,9H2,1-5H3. The van der Waals surface area contributed by atoms with Crippen molar-refractivity contribution in [2.24, 2.45) is 5.92 Å². The fraction of sp³-hybridized carbons (Fsp3) is 0.500. The van der Waals surface area contributed by atoms with E-state index in [1.54, 1.807) is 0 Å². The number of hydrogen-bond acceptors (Lipinski definition) is 2. The summed E-state index contributed by atoms with van der Waals surface area (Å²) >= 11 is 0. The van der Waals surface area contributed by atoms with Gasteiger partial charge < -0.3 is 9.73 Å². The van der Waals surface area contributed by atoms with Gasteiger partial charge in [0.2, 0.25) is 0 Å². The SMILES string of the molecule is CNCc1oc2c(C)cc(C)cc2c1CC(C)C. The molecule has 0 spiro atoms. The van der Waals surface area contributed by atoms with Crippen LogP contribution < -0.4 is 5.32 Å². The molecule has 0 amide bonds. The molecule has 2 aromatic rings. The largest absolute Gasteiger partial charge is 0.459 e. The van der Waals surface area contributed by atoms with E-state index in [0.29, 0.717) is 5.92 Å². The van der Waals surface area contributed by atoms with Gasteiger partial charge >= 0.3 is 0 Å². The van der Waals surface area contributed by atoms with E-state index in [4.69, 9.17) is 4.42 Å². The molecular weight excluding hydrogens is 222 g/mol. The normalized spacial score (nSPS) is 11.7. The second-order valence-electron chi connectivity index (χ2n) is 5.59. The molecule has 0 bridgehead atoms. The summed E-state index contributed by atoms with van der Waals surface area (Å²) in [5.41, 5.74) is 4.97. The van der Waals surface area contributed by atoms with E-state index in [1.165, 1.54) is 22.1 Å². The summed E-state index contributed by atoms with van der Waals surface area (Å²) in [6, 6.07) is 4.44. The van der Waals surface area contributed by atoms with E-state index >= 15 is 0 Å².